The maximum Gasteiger partial charge on any atom is 0.340 e. The largest absolute Gasteiger partial charge is 0.496 e. The van der Waals surface area contributed by atoms with Gasteiger partial charge in [-0.05, 0) is 49.1 Å². The van der Waals surface area contributed by atoms with Crippen LogP contribution in [0.3, 0.4) is 0 Å². The summed E-state index contributed by atoms with van der Waals surface area (Å²) in [6.07, 6.45) is 3.59. The van der Waals surface area contributed by atoms with Gasteiger partial charge in [0.15, 0.2) is 0 Å². The summed E-state index contributed by atoms with van der Waals surface area (Å²) in [6, 6.07) is 11.9. The predicted molar refractivity (Wildman–Crippen MR) is 123 cm³/mol. The summed E-state index contributed by atoms with van der Waals surface area (Å²) in [5.74, 6) is -0.216. The highest BCUT2D eigenvalue weighted by atomic mass is 32.2. The van der Waals surface area contributed by atoms with Crippen LogP contribution in [0.2, 0.25) is 0 Å². The van der Waals surface area contributed by atoms with Crippen molar-refractivity contribution in [3.8, 4) is 5.75 Å². The SMILES string of the molecule is COC(=O)c1cn(C(=O)CCc2cc(S(=O)(=O)N3CCCC3)ccc2OC)c2ccccc12. The summed E-state index contributed by atoms with van der Waals surface area (Å²) in [5, 5.41) is 0.633. The van der Waals surface area contributed by atoms with Gasteiger partial charge in [0.05, 0.1) is 30.2 Å². The number of sulfonamides is 1. The number of hydrogen-bond acceptors (Lipinski definition) is 6. The molecule has 0 unspecified atom stereocenters. The van der Waals surface area contributed by atoms with Crippen LogP contribution in [0.5, 0.6) is 5.75 Å². The Morgan fingerprint density at radius 1 is 1.03 bits per heavy atom. The normalized spacial score (nSPS) is 14.5. The highest BCUT2D eigenvalue weighted by molar-refractivity contribution is 7.89. The molecule has 1 aliphatic rings. The zero-order chi connectivity index (χ0) is 23.6. The molecule has 174 valence electrons. The first-order valence-corrected chi connectivity index (χ1v) is 12.2. The van der Waals surface area contributed by atoms with Crippen LogP contribution in [0.25, 0.3) is 10.9 Å². The van der Waals surface area contributed by atoms with E-state index < -0.39 is 16.0 Å². The summed E-state index contributed by atoms with van der Waals surface area (Å²) < 4.78 is 39.1. The second-order valence-corrected chi connectivity index (χ2v) is 9.84. The molecule has 0 radical (unpaired) electrons. The van der Waals surface area contributed by atoms with Gasteiger partial charge in [-0.15, -0.1) is 0 Å². The Morgan fingerprint density at radius 3 is 2.45 bits per heavy atom. The van der Waals surface area contributed by atoms with Crippen molar-refractivity contribution < 1.29 is 27.5 Å². The number of carbonyl (C=O) groups excluding carboxylic acids is 2. The molecule has 33 heavy (non-hydrogen) atoms. The van der Waals surface area contributed by atoms with Gasteiger partial charge in [0, 0.05) is 31.1 Å². The number of rotatable bonds is 7. The van der Waals surface area contributed by atoms with Crippen LogP contribution in [0.4, 0.5) is 0 Å². The van der Waals surface area contributed by atoms with Gasteiger partial charge >= 0.3 is 5.97 Å². The van der Waals surface area contributed by atoms with Crippen LogP contribution in [-0.2, 0) is 21.2 Å². The first-order chi connectivity index (χ1) is 15.9. The van der Waals surface area contributed by atoms with Crippen LogP contribution in [-0.4, -0.2) is 56.5 Å². The lowest BCUT2D eigenvalue weighted by Gasteiger charge is -2.17. The number of hydrogen-bond donors (Lipinski definition) is 0. The summed E-state index contributed by atoms with van der Waals surface area (Å²) in [4.78, 5) is 25.4. The van der Waals surface area contributed by atoms with E-state index in [-0.39, 0.29) is 23.6 Å². The van der Waals surface area contributed by atoms with E-state index >= 15 is 0 Å². The number of nitrogens with zero attached hydrogens (tertiary/aromatic N) is 2. The summed E-state index contributed by atoms with van der Waals surface area (Å²) in [7, 11) is -0.770. The average molecular weight is 471 g/mol. The number of aryl methyl sites for hydroxylation is 1. The van der Waals surface area contributed by atoms with Gasteiger partial charge < -0.3 is 9.47 Å². The van der Waals surface area contributed by atoms with Crippen molar-refractivity contribution in [2.45, 2.75) is 30.6 Å². The third-order valence-corrected chi connectivity index (χ3v) is 7.84. The molecule has 1 aromatic heterocycles. The fraction of sp³-hybridized carbons (Fsp3) is 0.333. The molecule has 0 spiro atoms. The minimum Gasteiger partial charge on any atom is -0.496 e. The highest BCUT2D eigenvalue weighted by Gasteiger charge is 2.28. The number of methoxy groups -OCH3 is 2. The Morgan fingerprint density at radius 2 is 1.76 bits per heavy atom. The van der Waals surface area contributed by atoms with E-state index in [2.05, 4.69) is 0 Å². The van der Waals surface area contributed by atoms with Crippen molar-refractivity contribution >= 4 is 32.8 Å². The molecule has 9 heteroatoms. The first-order valence-electron chi connectivity index (χ1n) is 10.8. The molecule has 0 bridgehead atoms. The van der Waals surface area contributed by atoms with Gasteiger partial charge in [-0.1, -0.05) is 18.2 Å². The molecule has 0 N–H and O–H groups in total. The van der Waals surface area contributed by atoms with Crippen molar-refractivity contribution in [2.24, 2.45) is 0 Å². The quantitative estimate of drug-likeness (QED) is 0.491. The Bertz CT molecular complexity index is 1310. The molecule has 2 heterocycles. The van der Waals surface area contributed by atoms with Gasteiger partial charge in [-0.25, -0.2) is 13.2 Å². The molecule has 2 aromatic carbocycles. The van der Waals surface area contributed by atoms with E-state index in [0.717, 1.165) is 12.8 Å². The number of esters is 1. The lowest BCUT2D eigenvalue weighted by Crippen LogP contribution is -2.28. The molecule has 1 aliphatic heterocycles. The van der Waals surface area contributed by atoms with Gasteiger partial charge in [0.25, 0.3) is 0 Å². The molecule has 0 amide bonds. The molecule has 0 aliphatic carbocycles. The fourth-order valence-electron chi connectivity index (χ4n) is 4.21. The molecule has 3 aromatic rings. The third kappa shape index (κ3) is 4.38. The molecule has 1 saturated heterocycles. The fourth-order valence-corrected chi connectivity index (χ4v) is 5.78. The maximum atomic E-state index is 13.1. The molecular formula is C24H26N2O6S. The van der Waals surface area contributed by atoms with Crippen LogP contribution >= 0.6 is 0 Å². The lowest BCUT2D eigenvalue weighted by atomic mass is 10.1. The molecule has 4 rings (SSSR count). The van der Waals surface area contributed by atoms with E-state index in [0.29, 0.717) is 40.9 Å². The summed E-state index contributed by atoms with van der Waals surface area (Å²) in [5.41, 5.74) is 1.56. The first kappa shape index (κ1) is 23.0. The summed E-state index contributed by atoms with van der Waals surface area (Å²) >= 11 is 0. The van der Waals surface area contributed by atoms with Crippen molar-refractivity contribution in [1.82, 2.24) is 8.87 Å². The topological polar surface area (TPSA) is 94.9 Å². The number of carbonyl (C=O) groups is 2. The smallest absolute Gasteiger partial charge is 0.340 e. The Hall–Kier alpha value is -3.17. The Balaban J connectivity index is 1.60. The van der Waals surface area contributed by atoms with Gasteiger partial charge in [-0.2, -0.15) is 4.31 Å². The van der Waals surface area contributed by atoms with E-state index in [1.807, 2.05) is 0 Å². The number of aromatic nitrogens is 1. The third-order valence-electron chi connectivity index (χ3n) is 5.95. The Kier molecular flexibility index (Phi) is 6.53. The molecular weight excluding hydrogens is 444 g/mol. The highest BCUT2D eigenvalue weighted by Crippen LogP contribution is 2.28. The van der Waals surface area contributed by atoms with Crippen LogP contribution < -0.4 is 4.74 Å². The minimum atomic E-state index is -3.58. The number of para-hydroxylation sites is 1. The number of benzene rings is 2. The minimum absolute atomic E-state index is 0.100. The average Bonchev–Trinajstić information content (AvgIpc) is 3.51. The van der Waals surface area contributed by atoms with Gasteiger partial charge in [-0.3, -0.25) is 9.36 Å². The van der Waals surface area contributed by atoms with Crippen molar-refractivity contribution in [3.05, 3.63) is 59.8 Å². The van der Waals surface area contributed by atoms with Crippen LogP contribution in [0, 0.1) is 0 Å². The zero-order valence-electron chi connectivity index (χ0n) is 18.6. The molecule has 0 saturated carbocycles. The van der Waals surface area contributed by atoms with E-state index in [4.69, 9.17) is 9.47 Å². The van der Waals surface area contributed by atoms with Crippen molar-refractivity contribution in [2.75, 3.05) is 27.3 Å². The maximum absolute atomic E-state index is 13.1. The zero-order valence-corrected chi connectivity index (χ0v) is 19.4. The molecule has 0 atom stereocenters. The molecule has 8 nitrogen and oxygen atoms in total. The van der Waals surface area contributed by atoms with E-state index in [9.17, 15) is 18.0 Å². The van der Waals surface area contributed by atoms with Gasteiger partial charge in [0.1, 0.15) is 5.75 Å². The summed E-state index contributed by atoms with van der Waals surface area (Å²) in [6.45, 7) is 1.04. The van der Waals surface area contributed by atoms with Crippen molar-refractivity contribution in [3.63, 3.8) is 0 Å². The second kappa shape index (κ2) is 9.36. The van der Waals surface area contributed by atoms with Crippen molar-refractivity contribution in [1.29, 1.82) is 0 Å². The standard InChI is InChI=1S/C24H26N2O6S/c1-31-22-11-10-18(33(29,30)25-13-5-6-14-25)15-17(22)9-12-23(27)26-16-20(24(28)32-2)19-7-3-4-8-21(19)26/h3-4,7-8,10-11,15-16H,5-6,9,12-14H2,1-2H3. The van der Waals surface area contributed by atoms with Crippen LogP contribution in [0.15, 0.2) is 53.6 Å². The Labute approximate surface area is 192 Å². The number of fused-ring (bicyclic) bond motifs is 1. The predicted octanol–water partition coefficient (Wildman–Crippen LogP) is 3.49. The van der Waals surface area contributed by atoms with Crippen LogP contribution in [0.1, 0.15) is 40.0 Å². The molecule has 1 fully saturated rings. The van der Waals surface area contributed by atoms with Gasteiger partial charge in [0.2, 0.25) is 15.9 Å². The van der Waals surface area contributed by atoms with E-state index in [1.165, 1.54) is 29.3 Å². The number of ether oxygens (including phenoxy) is 2. The van der Waals surface area contributed by atoms with E-state index in [1.54, 1.807) is 42.5 Å². The lowest BCUT2D eigenvalue weighted by molar-refractivity contribution is 0.0603. The monoisotopic (exact) mass is 470 g/mol. The second-order valence-electron chi connectivity index (χ2n) is 7.90.